The van der Waals surface area contributed by atoms with Crippen LogP contribution in [0.4, 0.5) is 4.79 Å². The second kappa shape index (κ2) is 7.85. The number of urea groups is 1. The maximum absolute atomic E-state index is 12.9. The van der Waals surface area contributed by atoms with Crippen molar-refractivity contribution in [2.75, 3.05) is 6.79 Å². The molecule has 0 fully saturated rings. The number of esters is 1. The molecule has 0 aromatic heterocycles. The van der Waals surface area contributed by atoms with Crippen molar-refractivity contribution in [3.63, 3.8) is 0 Å². The standard InChI is InChI=1S/C20H16Cl2N2O5/c1-10-17(18(24-20(26)23-10)12-3-4-13(21)14(22)7-12)19(25)27-8-11-2-5-15-16(6-11)29-9-28-15/h2-7,18H,8-9H2,1H3,(H2,23,24,26)/t18-/m1/s1. The lowest BCUT2D eigenvalue weighted by atomic mass is 9.95. The second-order valence-electron chi connectivity index (χ2n) is 6.51. The maximum atomic E-state index is 12.9. The Kier molecular flexibility index (Phi) is 5.25. The Bertz CT molecular complexity index is 1040. The van der Waals surface area contributed by atoms with Crippen molar-refractivity contribution in [2.24, 2.45) is 0 Å². The van der Waals surface area contributed by atoms with Gasteiger partial charge in [-0.15, -0.1) is 0 Å². The molecule has 1 atom stereocenters. The van der Waals surface area contributed by atoms with Gasteiger partial charge in [-0.05, 0) is 42.3 Å². The van der Waals surface area contributed by atoms with Crippen LogP contribution in [0.1, 0.15) is 24.1 Å². The highest BCUT2D eigenvalue weighted by Crippen LogP contribution is 2.34. The minimum atomic E-state index is -0.720. The first kappa shape index (κ1) is 19.4. The number of hydrogen-bond acceptors (Lipinski definition) is 5. The monoisotopic (exact) mass is 434 g/mol. The van der Waals surface area contributed by atoms with Crippen molar-refractivity contribution < 1.29 is 23.8 Å². The zero-order valence-corrected chi connectivity index (χ0v) is 16.8. The summed E-state index contributed by atoms with van der Waals surface area (Å²) in [5.74, 6) is 0.690. The van der Waals surface area contributed by atoms with Crippen molar-refractivity contribution in [1.82, 2.24) is 10.6 Å². The second-order valence-corrected chi connectivity index (χ2v) is 7.32. The molecular weight excluding hydrogens is 419 g/mol. The van der Waals surface area contributed by atoms with Crippen LogP contribution in [0.5, 0.6) is 11.5 Å². The maximum Gasteiger partial charge on any atom is 0.338 e. The number of hydrogen-bond donors (Lipinski definition) is 2. The molecule has 4 rings (SSSR count). The van der Waals surface area contributed by atoms with Gasteiger partial charge in [-0.1, -0.05) is 35.3 Å². The average molecular weight is 435 g/mol. The molecular formula is C20H16Cl2N2O5. The number of nitrogens with one attached hydrogen (secondary N) is 2. The summed E-state index contributed by atoms with van der Waals surface area (Å²) in [6.45, 7) is 1.84. The summed E-state index contributed by atoms with van der Waals surface area (Å²) in [5, 5.41) is 6.03. The molecule has 2 heterocycles. The normalized spacial score (nSPS) is 17.6. The molecule has 29 heavy (non-hydrogen) atoms. The van der Waals surface area contributed by atoms with E-state index >= 15 is 0 Å². The quantitative estimate of drug-likeness (QED) is 0.707. The topological polar surface area (TPSA) is 85.9 Å². The molecule has 2 amide bonds. The number of benzene rings is 2. The summed E-state index contributed by atoms with van der Waals surface area (Å²) >= 11 is 12.1. The summed E-state index contributed by atoms with van der Waals surface area (Å²) < 4.78 is 16.1. The first-order valence-corrected chi connectivity index (χ1v) is 9.47. The van der Waals surface area contributed by atoms with Gasteiger partial charge in [0.2, 0.25) is 6.79 Å². The zero-order valence-electron chi connectivity index (χ0n) is 15.3. The Hall–Kier alpha value is -2.90. The van der Waals surface area contributed by atoms with E-state index in [1.165, 1.54) is 0 Å². The smallest absolute Gasteiger partial charge is 0.338 e. The van der Waals surface area contributed by atoms with Gasteiger partial charge in [-0.3, -0.25) is 0 Å². The highest BCUT2D eigenvalue weighted by atomic mass is 35.5. The van der Waals surface area contributed by atoms with E-state index in [1.54, 1.807) is 43.3 Å². The van der Waals surface area contributed by atoms with E-state index in [1.807, 2.05) is 0 Å². The van der Waals surface area contributed by atoms with E-state index in [0.717, 1.165) is 5.56 Å². The van der Waals surface area contributed by atoms with Gasteiger partial charge in [0.1, 0.15) is 6.61 Å². The molecule has 2 aliphatic heterocycles. The van der Waals surface area contributed by atoms with Crippen LogP contribution in [0, 0.1) is 0 Å². The molecule has 2 aliphatic rings. The van der Waals surface area contributed by atoms with Crippen LogP contribution in [0.15, 0.2) is 47.7 Å². The SMILES string of the molecule is CC1=C(C(=O)OCc2ccc3c(c2)OCO3)[C@@H](c2ccc(Cl)c(Cl)c2)NC(=O)N1. The van der Waals surface area contributed by atoms with Crippen LogP contribution >= 0.6 is 23.2 Å². The third-order valence-electron chi connectivity index (χ3n) is 4.57. The molecule has 2 N–H and O–H groups in total. The zero-order chi connectivity index (χ0) is 20.5. The van der Waals surface area contributed by atoms with Crippen LogP contribution in [0.2, 0.25) is 10.0 Å². The van der Waals surface area contributed by atoms with E-state index in [0.29, 0.717) is 32.8 Å². The molecule has 0 unspecified atom stereocenters. The third kappa shape index (κ3) is 3.97. The van der Waals surface area contributed by atoms with Crippen molar-refractivity contribution >= 4 is 35.2 Å². The molecule has 0 saturated carbocycles. The molecule has 0 spiro atoms. The number of carbonyl (C=O) groups is 2. The van der Waals surface area contributed by atoms with Gasteiger partial charge in [0.15, 0.2) is 11.5 Å². The Labute approximate surface area is 176 Å². The summed E-state index contributed by atoms with van der Waals surface area (Å²) in [6.07, 6.45) is 0. The van der Waals surface area contributed by atoms with E-state index in [2.05, 4.69) is 10.6 Å². The van der Waals surface area contributed by atoms with Crippen molar-refractivity contribution in [3.05, 3.63) is 68.8 Å². The van der Waals surface area contributed by atoms with Gasteiger partial charge in [0, 0.05) is 5.70 Å². The van der Waals surface area contributed by atoms with Gasteiger partial charge >= 0.3 is 12.0 Å². The van der Waals surface area contributed by atoms with Crippen molar-refractivity contribution in [1.29, 1.82) is 0 Å². The van der Waals surface area contributed by atoms with Crippen LogP contribution in [0.3, 0.4) is 0 Å². The summed E-state index contributed by atoms with van der Waals surface area (Å²) in [7, 11) is 0. The summed E-state index contributed by atoms with van der Waals surface area (Å²) in [5.41, 5.74) is 2.05. The predicted molar refractivity (Wildman–Crippen MR) is 106 cm³/mol. The lowest BCUT2D eigenvalue weighted by molar-refractivity contribution is -0.140. The number of ether oxygens (including phenoxy) is 3. The summed E-state index contributed by atoms with van der Waals surface area (Å²) in [6, 6.07) is 9.08. The Morgan fingerprint density at radius 2 is 1.93 bits per heavy atom. The lowest BCUT2D eigenvalue weighted by Crippen LogP contribution is -2.45. The average Bonchev–Trinajstić information content (AvgIpc) is 3.15. The molecule has 150 valence electrons. The van der Waals surface area contributed by atoms with Crippen LogP contribution in [-0.4, -0.2) is 18.8 Å². The van der Waals surface area contributed by atoms with Gasteiger partial charge in [0.05, 0.1) is 21.7 Å². The fourth-order valence-electron chi connectivity index (χ4n) is 3.16. The lowest BCUT2D eigenvalue weighted by Gasteiger charge is -2.28. The first-order chi connectivity index (χ1) is 13.9. The molecule has 0 bridgehead atoms. The van der Waals surface area contributed by atoms with E-state index in [9.17, 15) is 9.59 Å². The van der Waals surface area contributed by atoms with Crippen LogP contribution in [-0.2, 0) is 16.1 Å². The number of rotatable bonds is 4. The van der Waals surface area contributed by atoms with Gasteiger partial charge in [-0.25, -0.2) is 9.59 Å². The van der Waals surface area contributed by atoms with Crippen LogP contribution < -0.4 is 20.1 Å². The number of carbonyl (C=O) groups excluding carboxylic acids is 2. The highest BCUT2D eigenvalue weighted by molar-refractivity contribution is 6.42. The van der Waals surface area contributed by atoms with Crippen molar-refractivity contribution in [2.45, 2.75) is 19.6 Å². The molecule has 0 aliphatic carbocycles. The highest BCUT2D eigenvalue weighted by Gasteiger charge is 2.32. The number of halogens is 2. The summed E-state index contributed by atoms with van der Waals surface area (Å²) in [4.78, 5) is 24.8. The fourth-order valence-corrected chi connectivity index (χ4v) is 3.47. The molecule has 7 nitrogen and oxygen atoms in total. The van der Waals surface area contributed by atoms with Crippen molar-refractivity contribution in [3.8, 4) is 11.5 Å². The minimum absolute atomic E-state index is 0.0360. The predicted octanol–water partition coefficient (Wildman–Crippen LogP) is 4.09. The molecule has 0 saturated heterocycles. The number of allylic oxidation sites excluding steroid dienone is 1. The molecule has 9 heteroatoms. The van der Waals surface area contributed by atoms with E-state index in [4.69, 9.17) is 37.4 Å². The van der Waals surface area contributed by atoms with Gasteiger partial charge < -0.3 is 24.8 Å². The van der Waals surface area contributed by atoms with E-state index in [-0.39, 0.29) is 19.0 Å². The van der Waals surface area contributed by atoms with Gasteiger partial charge in [-0.2, -0.15) is 0 Å². The van der Waals surface area contributed by atoms with E-state index < -0.39 is 18.0 Å². The Morgan fingerprint density at radius 1 is 1.14 bits per heavy atom. The molecule has 2 aromatic carbocycles. The number of amides is 2. The molecule has 2 aromatic rings. The van der Waals surface area contributed by atoms with Gasteiger partial charge in [0.25, 0.3) is 0 Å². The Balaban J connectivity index is 1.56. The fraction of sp³-hybridized carbons (Fsp3) is 0.200. The van der Waals surface area contributed by atoms with Crippen LogP contribution in [0.25, 0.3) is 0 Å². The molecule has 0 radical (unpaired) electrons. The Morgan fingerprint density at radius 3 is 2.72 bits per heavy atom. The largest absolute Gasteiger partial charge is 0.457 e. The third-order valence-corrected chi connectivity index (χ3v) is 5.31. The number of fused-ring (bicyclic) bond motifs is 1. The first-order valence-electron chi connectivity index (χ1n) is 8.71. The minimum Gasteiger partial charge on any atom is -0.457 e.